The number of H-pyrrole nitrogens is 1. The van der Waals surface area contributed by atoms with Gasteiger partial charge in [-0.2, -0.15) is 0 Å². The van der Waals surface area contributed by atoms with Gasteiger partial charge in [-0.1, -0.05) is 23.0 Å². The molecule has 0 radical (unpaired) electrons. The Balaban J connectivity index is 2.00. The third-order valence-electron chi connectivity index (χ3n) is 2.80. The van der Waals surface area contributed by atoms with Crippen LogP contribution in [0.15, 0.2) is 27.1 Å². The number of nitrogens with one attached hydrogen (secondary N) is 1. The highest BCUT2D eigenvalue weighted by molar-refractivity contribution is 7.99. The molecule has 0 amide bonds. The van der Waals surface area contributed by atoms with Crippen LogP contribution in [0.25, 0.3) is 0 Å². The number of hydrogen-bond acceptors (Lipinski definition) is 5. The van der Waals surface area contributed by atoms with Crippen molar-refractivity contribution in [3.05, 3.63) is 40.2 Å². The second kappa shape index (κ2) is 5.92. The van der Waals surface area contributed by atoms with E-state index >= 15 is 0 Å². The second-order valence-electron chi connectivity index (χ2n) is 4.11. The molecule has 0 saturated carbocycles. The summed E-state index contributed by atoms with van der Waals surface area (Å²) in [6.45, 7) is 7.93. The molecule has 19 heavy (non-hydrogen) atoms. The molecule has 0 spiro atoms. The molecule has 0 aliphatic carbocycles. The Labute approximate surface area is 114 Å². The molecule has 0 unspecified atom stereocenters. The SMILES string of the molecule is C=CCn1c(SCCc2c(C)noc2C)n[nH]c1=O. The number of hydrogen-bond donors (Lipinski definition) is 1. The zero-order valence-corrected chi connectivity index (χ0v) is 11.8. The van der Waals surface area contributed by atoms with Gasteiger partial charge in [0.05, 0.1) is 5.69 Å². The Bertz CT molecular complexity index is 606. The standard InChI is InChI=1S/C12H16N4O2S/c1-4-6-16-11(17)13-14-12(16)19-7-5-10-8(2)15-18-9(10)3/h4H,1,5-7H2,2-3H3,(H,13,17). The van der Waals surface area contributed by atoms with Gasteiger partial charge >= 0.3 is 5.69 Å². The van der Waals surface area contributed by atoms with Gasteiger partial charge in [-0.25, -0.2) is 9.89 Å². The van der Waals surface area contributed by atoms with Gasteiger partial charge in [-0.15, -0.1) is 11.7 Å². The van der Waals surface area contributed by atoms with E-state index in [1.165, 1.54) is 11.8 Å². The first-order valence-corrected chi connectivity index (χ1v) is 6.92. The number of nitrogens with zero attached hydrogens (tertiary/aromatic N) is 3. The number of thioether (sulfide) groups is 1. The lowest BCUT2D eigenvalue weighted by atomic mass is 10.1. The van der Waals surface area contributed by atoms with E-state index in [9.17, 15) is 4.79 Å². The van der Waals surface area contributed by atoms with Crippen molar-refractivity contribution in [3.8, 4) is 0 Å². The summed E-state index contributed by atoms with van der Waals surface area (Å²) in [6, 6.07) is 0. The first-order chi connectivity index (χ1) is 9.13. The lowest BCUT2D eigenvalue weighted by Crippen LogP contribution is -2.16. The van der Waals surface area contributed by atoms with Gasteiger partial charge in [-0.3, -0.25) is 4.57 Å². The molecule has 0 aliphatic rings. The van der Waals surface area contributed by atoms with Gasteiger partial charge in [0.2, 0.25) is 0 Å². The maximum atomic E-state index is 11.5. The highest BCUT2D eigenvalue weighted by atomic mass is 32.2. The minimum Gasteiger partial charge on any atom is -0.361 e. The molecule has 0 bridgehead atoms. The molecule has 0 aromatic carbocycles. The summed E-state index contributed by atoms with van der Waals surface area (Å²) < 4.78 is 6.68. The van der Waals surface area contributed by atoms with E-state index in [1.807, 2.05) is 13.8 Å². The summed E-state index contributed by atoms with van der Waals surface area (Å²) in [6.07, 6.45) is 2.51. The zero-order chi connectivity index (χ0) is 13.8. The molecule has 0 aliphatic heterocycles. The van der Waals surface area contributed by atoms with Gasteiger partial charge in [0, 0.05) is 17.9 Å². The van der Waals surface area contributed by atoms with Crippen LogP contribution in [0.3, 0.4) is 0 Å². The van der Waals surface area contributed by atoms with E-state index in [4.69, 9.17) is 4.52 Å². The van der Waals surface area contributed by atoms with Crippen LogP contribution in [-0.2, 0) is 13.0 Å². The Kier molecular flexibility index (Phi) is 4.26. The number of rotatable bonds is 6. The predicted octanol–water partition coefficient (Wildman–Crippen LogP) is 1.70. The third kappa shape index (κ3) is 2.98. The van der Waals surface area contributed by atoms with Crippen LogP contribution in [0.4, 0.5) is 0 Å². The molecule has 1 N–H and O–H groups in total. The summed E-state index contributed by atoms with van der Waals surface area (Å²) in [5, 5.41) is 11.0. The van der Waals surface area contributed by atoms with Crippen LogP contribution in [0.5, 0.6) is 0 Å². The summed E-state index contributed by atoms with van der Waals surface area (Å²) in [4.78, 5) is 11.5. The van der Waals surface area contributed by atoms with E-state index in [0.29, 0.717) is 11.7 Å². The van der Waals surface area contributed by atoms with E-state index in [-0.39, 0.29) is 5.69 Å². The van der Waals surface area contributed by atoms with Crippen molar-refractivity contribution in [2.75, 3.05) is 5.75 Å². The normalized spacial score (nSPS) is 10.8. The molecule has 0 atom stereocenters. The maximum absolute atomic E-state index is 11.5. The Morgan fingerprint density at radius 2 is 2.32 bits per heavy atom. The second-order valence-corrected chi connectivity index (χ2v) is 5.17. The van der Waals surface area contributed by atoms with Crippen molar-refractivity contribution in [3.63, 3.8) is 0 Å². The van der Waals surface area contributed by atoms with Crippen molar-refractivity contribution in [2.45, 2.75) is 32.0 Å². The van der Waals surface area contributed by atoms with Crippen LogP contribution in [-0.4, -0.2) is 25.7 Å². The maximum Gasteiger partial charge on any atom is 0.344 e. The molecular formula is C12H16N4O2S. The van der Waals surface area contributed by atoms with E-state index in [1.54, 1.807) is 10.6 Å². The molecule has 2 rings (SSSR count). The first kappa shape index (κ1) is 13.7. The average Bonchev–Trinajstić information content (AvgIpc) is 2.88. The van der Waals surface area contributed by atoms with Gasteiger partial charge in [0.25, 0.3) is 0 Å². The Hall–Kier alpha value is -1.76. The number of aromatic amines is 1. The summed E-state index contributed by atoms with van der Waals surface area (Å²) in [5.41, 5.74) is 1.84. The van der Waals surface area contributed by atoms with Crippen molar-refractivity contribution < 1.29 is 4.52 Å². The zero-order valence-electron chi connectivity index (χ0n) is 11.0. The number of allylic oxidation sites excluding steroid dienone is 1. The van der Waals surface area contributed by atoms with Crippen molar-refractivity contribution in [2.24, 2.45) is 0 Å². The van der Waals surface area contributed by atoms with Crippen LogP contribution in [0.1, 0.15) is 17.0 Å². The molecule has 0 fully saturated rings. The highest BCUT2D eigenvalue weighted by Gasteiger charge is 2.11. The number of aryl methyl sites for hydroxylation is 2. The molecule has 102 valence electrons. The molecular weight excluding hydrogens is 264 g/mol. The summed E-state index contributed by atoms with van der Waals surface area (Å²) in [5.74, 6) is 1.66. The monoisotopic (exact) mass is 280 g/mol. The molecule has 2 aromatic rings. The van der Waals surface area contributed by atoms with Gasteiger partial charge < -0.3 is 4.52 Å². The Morgan fingerprint density at radius 3 is 2.95 bits per heavy atom. The largest absolute Gasteiger partial charge is 0.361 e. The quantitative estimate of drug-likeness (QED) is 0.643. The average molecular weight is 280 g/mol. The van der Waals surface area contributed by atoms with Crippen molar-refractivity contribution in [1.82, 2.24) is 19.9 Å². The summed E-state index contributed by atoms with van der Waals surface area (Å²) in [7, 11) is 0. The fourth-order valence-electron chi connectivity index (χ4n) is 1.81. The molecule has 2 heterocycles. The fraction of sp³-hybridized carbons (Fsp3) is 0.417. The third-order valence-corrected chi connectivity index (χ3v) is 3.78. The van der Waals surface area contributed by atoms with Crippen molar-refractivity contribution in [1.29, 1.82) is 0 Å². The van der Waals surface area contributed by atoms with E-state index in [2.05, 4.69) is 21.9 Å². The molecule has 0 saturated heterocycles. The smallest absolute Gasteiger partial charge is 0.344 e. The molecule has 7 heteroatoms. The van der Waals surface area contributed by atoms with Gasteiger partial charge in [0.15, 0.2) is 5.16 Å². The highest BCUT2D eigenvalue weighted by Crippen LogP contribution is 2.19. The first-order valence-electron chi connectivity index (χ1n) is 5.94. The Morgan fingerprint density at radius 1 is 1.53 bits per heavy atom. The molecule has 6 nitrogen and oxygen atoms in total. The minimum atomic E-state index is -0.209. The van der Waals surface area contributed by atoms with E-state index < -0.39 is 0 Å². The van der Waals surface area contributed by atoms with Crippen LogP contribution < -0.4 is 5.69 Å². The van der Waals surface area contributed by atoms with Crippen LogP contribution in [0, 0.1) is 13.8 Å². The fourth-order valence-corrected chi connectivity index (χ4v) is 2.72. The topological polar surface area (TPSA) is 76.7 Å². The lowest BCUT2D eigenvalue weighted by Gasteiger charge is -2.02. The van der Waals surface area contributed by atoms with Crippen molar-refractivity contribution >= 4 is 11.8 Å². The summed E-state index contributed by atoms with van der Waals surface area (Å²) >= 11 is 1.53. The lowest BCUT2D eigenvalue weighted by molar-refractivity contribution is 0.392. The number of aromatic nitrogens is 4. The minimum absolute atomic E-state index is 0.209. The van der Waals surface area contributed by atoms with Crippen LogP contribution in [0.2, 0.25) is 0 Å². The predicted molar refractivity (Wildman–Crippen MR) is 73.4 cm³/mol. The molecule has 2 aromatic heterocycles. The van der Waals surface area contributed by atoms with Gasteiger partial charge in [-0.05, 0) is 20.3 Å². The van der Waals surface area contributed by atoms with Gasteiger partial charge in [0.1, 0.15) is 5.76 Å². The van der Waals surface area contributed by atoms with E-state index in [0.717, 1.165) is 29.2 Å². The van der Waals surface area contributed by atoms with Crippen LogP contribution >= 0.6 is 11.8 Å².